The second-order valence-electron chi connectivity index (χ2n) is 4.02. The van der Waals surface area contributed by atoms with Gasteiger partial charge in [0.2, 0.25) is 5.91 Å². The largest absolute Gasteiger partial charge is 0.444 e. The number of halogens is 1. The number of nitrogens with two attached hydrogens (primary N) is 1. The first kappa shape index (κ1) is 12.2. The zero-order valence-corrected chi connectivity index (χ0v) is 10.8. The lowest BCUT2D eigenvalue weighted by Gasteiger charge is -2.32. The van der Waals surface area contributed by atoms with E-state index in [0.717, 1.165) is 12.8 Å². The van der Waals surface area contributed by atoms with Crippen LogP contribution >= 0.6 is 15.9 Å². The third kappa shape index (κ3) is 2.52. The third-order valence-corrected chi connectivity index (χ3v) is 3.30. The fraction of sp³-hybridized carbons (Fsp3) is 0.455. The van der Waals surface area contributed by atoms with Crippen molar-refractivity contribution in [3.05, 3.63) is 22.6 Å². The molecule has 2 N–H and O–H groups in total. The number of carbonyl (C=O) groups excluding carboxylic acids is 2. The van der Waals surface area contributed by atoms with E-state index in [0.29, 0.717) is 17.6 Å². The van der Waals surface area contributed by atoms with Gasteiger partial charge in [-0.05, 0) is 47.3 Å². The average molecular weight is 301 g/mol. The van der Waals surface area contributed by atoms with Gasteiger partial charge < -0.3 is 15.1 Å². The quantitative estimate of drug-likeness (QED) is 0.899. The molecule has 1 aromatic heterocycles. The van der Waals surface area contributed by atoms with E-state index in [1.807, 2.05) is 0 Å². The number of piperidine rings is 1. The van der Waals surface area contributed by atoms with Crippen molar-refractivity contribution in [1.29, 1.82) is 0 Å². The molecule has 5 nitrogen and oxygen atoms in total. The first-order chi connectivity index (χ1) is 8.09. The summed E-state index contributed by atoms with van der Waals surface area (Å²) in [6.07, 6.45) is 2.43. The summed E-state index contributed by atoms with van der Waals surface area (Å²) in [7, 11) is 0. The normalized spacial score (nSPS) is 20.3. The molecule has 0 bridgehead atoms. The van der Waals surface area contributed by atoms with E-state index in [1.54, 1.807) is 12.1 Å². The van der Waals surface area contributed by atoms with Gasteiger partial charge in [-0.25, -0.2) is 0 Å². The van der Waals surface area contributed by atoms with Gasteiger partial charge in [0, 0.05) is 6.54 Å². The van der Waals surface area contributed by atoms with E-state index < -0.39 is 11.9 Å². The Labute approximate surface area is 107 Å². The zero-order chi connectivity index (χ0) is 12.4. The Balaban J connectivity index is 2.19. The molecule has 17 heavy (non-hydrogen) atoms. The Morgan fingerprint density at radius 3 is 2.76 bits per heavy atom. The van der Waals surface area contributed by atoms with Crippen LogP contribution in [0.4, 0.5) is 0 Å². The predicted octanol–water partition coefficient (Wildman–Crippen LogP) is 1.52. The highest BCUT2D eigenvalue weighted by Gasteiger charge is 2.32. The summed E-state index contributed by atoms with van der Waals surface area (Å²) in [6.45, 7) is 0.546. The molecule has 92 valence electrons. The highest BCUT2D eigenvalue weighted by Crippen LogP contribution is 2.21. The Morgan fingerprint density at radius 2 is 2.18 bits per heavy atom. The maximum Gasteiger partial charge on any atom is 0.290 e. The van der Waals surface area contributed by atoms with Gasteiger partial charge in [0.05, 0.1) is 0 Å². The number of primary amides is 1. The van der Waals surface area contributed by atoms with Crippen LogP contribution in [-0.4, -0.2) is 29.3 Å². The summed E-state index contributed by atoms with van der Waals surface area (Å²) >= 11 is 3.14. The Bertz CT molecular complexity index is 444. The molecule has 0 aromatic carbocycles. The van der Waals surface area contributed by atoms with Crippen LogP contribution in [0, 0.1) is 0 Å². The van der Waals surface area contributed by atoms with Gasteiger partial charge in [0.1, 0.15) is 6.04 Å². The third-order valence-electron chi connectivity index (χ3n) is 2.88. The fourth-order valence-electron chi connectivity index (χ4n) is 2.04. The van der Waals surface area contributed by atoms with E-state index in [2.05, 4.69) is 15.9 Å². The Kier molecular flexibility index (Phi) is 3.51. The van der Waals surface area contributed by atoms with Gasteiger partial charge in [-0.2, -0.15) is 0 Å². The van der Waals surface area contributed by atoms with Crippen molar-refractivity contribution in [2.24, 2.45) is 5.73 Å². The van der Waals surface area contributed by atoms with Gasteiger partial charge in [-0.1, -0.05) is 0 Å². The molecule has 1 aliphatic rings. The SMILES string of the molecule is NC(=O)C1CCCCN1C(=O)c1ccc(Br)o1. The second-order valence-corrected chi connectivity index (χ2v) is 4.80. The number of carbonyl (C=O) groups is 2. The predicted molar refractivity (Wildman–Crippen MR) is 64.3 cm³/mol. The van der Waals surface area contributed by atoms with Crippen LogP contribution in [0.3, 0.4) is 0 Å². The molecule has 0 radical (unpaired) electrons. The summed E-state index contributed by atoms with van der Waals surface area (Å²) in [5.41, 5.74) is 5.31. The van der Waals surface area contributed by atoms with Gasteiger partial charge in [-0.15, -0.1) is 0 Å². The molecule has 0 spiro atoms. The minimum atomic E-state index is -0.514. The number of hydrogen-bond donors (Lipinski definition) is 1. The number of amides is 2. The molecular formula is C11H13BrN2O3. The summed E-state index contributed by atoms with van der Waals surface area (Å²) in [5, 5.41) is 0. The van der Waals surface area contributed by atoms with Gasteiger partial charge in [-0.3, -0.25) is 9.59 Å². The second kappa shape index (κ2) is 4.91. The van der Waals surface area contributed by atoms with Crippen LogP contribution in [0.2, 0.25) is 0 Å². The minimum absolute atomic E-state index is 0.227. The minimum Gasteiger partial charge on any atom is -0.444 e. The van der Waals surface area contributed by atoms with E-state index in [9.17, 15) is 9.59 Å². The van der Waals surface area contributed by atoms with Crippen LogP contribution in [0.15, 0.2) is 21.2 Å². The molecule has 6 heteroatoms. The van der Waals surface area contributed by atoms with Crippen molar-refractivity contribution in [2.75, 3.05) is 6.54 Å². The number of hydrogen-bond acceptors (Lipinski definition) is 3. The molecule has 2 amide bonds. The van der Waals surface area contributed by atoms with Gasteiger partial charge in [0.15, 0.2) is 10.4 Å². The van der Waals surface area contributed by atoms with Crippen molar-refractivity contribution >= 4 is 27.7 Å². The molecule has 2 heterocycles. The van der Waals surface area contributed by atoms with Gasteiger partial charge >= 0.3 is 0 Å². The first-order valence-corrected chi connectivity index (χ1v) is 6.24. The standard InChI is InChI=1S/C11H13BrN2O3/c12-9-5-4-8(17-9)11(16)14-6-2-1-3-7(14)10(13)15/h4-5,7H,1-3,6H2,(H2,13,15). The number of rotatable bonds is 2. The van der Waals surface area contributed by atoms with Crippen LogP contribution in [0.1, 0.15) is 29.8 Å². The smallest absolute Gasteiger partial charge is 0.290 e. The molecule has 0 saturated carbocycles. The number of furan rings is 1. The fourth-order valence-corrected chi connectivity index (χ4v) is 2.35. The molecule has 2 rings (SSSR count). The summed E-state index contributed by atoms with van der Waals surface area (Å²) in [4.78, 5) is 24.9. The zero-order valence-electron chi connectivity index (χ0n) is 9.19. The molecule has 1 fully saturated rings. The molecule has 1 saturated heterocycles. The molecule has 1 unspecified atom stereocenters. The summed E-state index contributed by atoms with van der Waals surface area (Å²) in [5.74, 6) is -0.507. The maximum absolute atomic E-state index is 12.1. The van der Waals surface area contributed by atoms with Crippen LogP contribution < -0.4 is 5.73 Å². The van der Waals surface area contributed by atoms with Crippen LogP contribution in [0.5, 0.6) is 0 Å². The summed E-state index contributed by atoms with van der Waals surface area (Å²) in [6, 6.07) is 2.72. The lowest BCUT2D eigenvalue weighted by Crippen LogP contribution is -2.50. The molecule has 1 aromatic rings. The molecule has 1 aliphatic heterocycles. The maximum atomic E-state index is 12.1. The summed E-state index contributed by atoms with van der Waals surface area (Å²) < 4.78 is 5.69. The highest BCUT2D eigenvalue weighted by molar-refractivity contribution is 9.10. The molecular weight excluding hydrogens is 288 g/mol. The first-order valence-electron chi connectivity index (χ1n) is 5.45. The van der Waals surface area contributed by atoms with Crippen molar-refractivity contribution in [2.45, 2.75) is 25.3 Å². The Morgan fingerprint density at radius 1 is 1.41 bits per heavy atom. The highest BCUT2D eigenvalue weighted by atomic mass is 79.9. The van der Waals surface area contributed by atoms with E-state index in [-0.39, 0.29) is 11.7 Å². The monoisotopic (exact) mass is 300 g/mol. The van der Waals surface area contributed by atoms with E-state index >= 15 is 0 Å². The van der Waals surface area contributed by atoms with Crippen molar-refractivity contribution in [3.63, 3.8) is 0 Å². The Hall–Kier alpha value is -1.30. The molecule has 1 atom stereocenters. The molecule has 0 aliphatic carbocycles. The van der Waals surface area contributed by atoms with Crippen molar-refractivity contribution in [3.8, 4) is 0 Å². The van der Waals surface area contributed by atoms with Crippen LogP contribution in [-0.2, 0) is 4.79 Å². The van der Waals surface area contributed by atoms with E-state index in [1.165, 1.54) is 4.90 Å². The lowest BCUT2D eigenvalue weighted by molar-refractivity contribution is -0.123. The van der Waals surface area contributed by atoms with Crippen LogP contribution in [0.25, 0.3) is 0 Å². The average Bonchev–Trinajstić information content (AvgIpc) is 2.75. The van der Waals surface area contributed by atoms with E-state index in [4.69, 9.17) is 10.2 Å². The topological polar surface area (TPSA) is 76.5 Å². The number of likely N-dealkylation sites (tertiary alicyclic amines) is 1. The van der Waals surface area contributed by atoms with Crippen molar-refractivity contribution in [1.82, 2.24) is 4.90 Å². The van der Waals surface area contributed by atoms with Gasteiger partial charge in [0.25, 0.3) is 5.91 Å². The number of nitrogens with zero attached hydrogens (tertiary/aromatic N) is 1. The van der Waals surface area contributed by atoms with Crippen molar-refractivity contribution < 1.29 is 14.0 Å². The lowest BCUT2D eigenvalue weighted by atomic mass is 10.0.